The lowest BCUT2D eigenvalue weighted by Crippen LogP contribution is -1.92. The minimum absolute atomic E-state index is 0.366. The predicted molar refractivity (Wildman–Crippen MR) is 51.7 cm³/mol. The molecule has 13 heavy (non-hydrogen) atoms. The lowest BCUT2D eigenvalue weighted by molar-refractivity contribution is 0.592. The molecular formula is C8H7BrFN3. The quantitative estimate of drug-likeness (QED) is 0.429. The molecule has 1 rings (SSSR count). The van der Waals surface area contributed by atoms with Gasteiger partial charge in [-0.2, -0.15) is 0 Å². The molecule has 0 bridgehead atoms. The molecule has 1 atom stereocenters. The fourth-order valence-electron chi connectivity index (χ4n) is 0.980. The molecule has 0 N–H and O–H groups in total. The fraction of sp³-hybridized carbons (Fsp3) is 0.250. The maximum absolute atomic E-state index is 13.2. The highest BCUT2D eigenvalue weighted by molar-refractivity contribution is 9.10. The standard InChI is InChI=1S/C8H7BrFN3/c1-5(12-13-11)7-3-2-6(9)4-8(7)10/h2-5H,1H3. The molecule has 0 aliphatic heterocycles. The van der Waals surface area contributed by atoms with E-state index in [1.54, 1.807) is 19.1 Å². The molecule has 5 heteroatoms. The zero-order valence-electron chi connectivity index (χ0n) is 6.91. The molecule has 0 aliphatic carbocycles. The first-order valence-electron chi connectivity index (χ1n) is 3.64. The van der Waals surface area contributed by atoms with E-state index in [0.29, 0.717) is 10.0 Å². The third-order valence-electron chi connectivity index (χ3n) is 1.64. The smallest absolute Gasteiger partial charge is 0.127 e. The molecule has 0 saturated heterocycles. The molecule has 68 valence electrons. The van der Waals surface area contributed by atoms with E-state index in [-0.39, 0.29) is 5.82 Å². The molecule has 0 radical (unpaired) electrons. The second-order valence-corrected chi connectivity index (χ2v) is 3.46. The first-order valence-corrected chi connectivity index (χ1v) is 4.43. The van der Waals surface area contributed by atoms with E-state index in [0.717, 1.165) is 0 Å². The highest BCUT2D eigenvalue weighted by atomic mass is 79.9. The Labute approximate surface area is 83.3 Å². The molecular weight excluding hydrogens is 237 g/mol. The van der Waals surface area contributed by atoms with Gasteiger partial charge in [-0.25, -0.2) is 4.39 Å². The van der Waals surface area contributed by atoms with Crippen LogP contribution >= 0.6 is 15.9 Å². The highest BCUT2D eigenvalue weighted by Gasteiger charge is 2.08. The summed E-state index contributed by atoms with van der Waals surface area (Å²) in [5.41, 5.74) is 8.57. The Hall–Kier alpha value is -1.06. The van der Waals surface area contributed by atoms with E-state index in [9.17, 15) is 4.39 Å². The van der Waals surface area contributed by atoms with Crippen molar-refractivity contribution in [2.24, 2.45) is 5.11 Å². The molecule has 0 spiro atoms. The van der Waals surface area contributed by atoms with Crippen LogP contribution in [0.3, 0.4) is 0 Å². The highest BCUT2D eigenvalue weighted by Crippen LogP contribution is 2.23. The van der Waals surface area contributed by atoms with Crippen molar-refractivity contribution in [2.75, 3.05) is 0 Å². The first-order chi connectivity index (χ1) is 6.15. The third-order valence-corrected chi connectivity index (χ3v) is 2.13. The Kier molecular flexibility index (Phi) is 3.28. The van der Waals surface area contributed by atoms with E-state index in [1.165, 1.54) is 6.07 Å². The molecule has 0 aliphatic rings. The molecule has 0 amide bonds. The van der Waals surface area contributed by atoms with Crippen LogP contribution in [0.2, 0.25) is 0 Å². The number of azide groups is 1. The zero-order chi connectivity index (χ0) is 9.84. The van der Waals surface area contributed by atoms with Gasteiger partial charge in [0.15, 0.2) is 0 Å². The van der Waals surface area contributed by atoms with Crippen molar-refractivity contribution in [1.82, 2.24) is 0 Å². The number of nitrogens with zero attached hydrogens (tertiary/aromatic N) is 3. The van der Waals surface area contributed by atoms with E-state index < -0.39 is 6.04 Å². The summed E-state index contributed by atoms with van der Waals surface area (Å²) >= 11 is 3.14. The van der Waals surface area contributed by atoms with Gasteiger partial charge in [0, 0.05) is 9.38 Å². The summed E-state index contributed by atoms with van der Waals surface area (Å²) < 4.78 is 13.9. The lowest BCUT2D eigenvalue weighted by atomic mass is 10.1. The molecule has 0 aromatic heterocycles. The van der Waals surface area contributed by atoms with Gasteiger partial charge in [0.25, 0.3) is 0 Å². The maximum Gasteiger partial charge on any atom is 0.127 e. The summed E-state index contributed by atoms with van der Waals surface area (Å²) in [6, 6.07) is 4.18. The van der Waals surface area contributed by atoms with Crippen LogP contribution in [0.25, 0.3) is 10.4 Å². The van der Waals surface area contributed by atoms with Crippen molar-refractivity contribution in [3.63, 3.8) is 0 Å². The van der Waals surface area contributed by atoms with Crippen LogP contribution in [0.4, 0.5) is 4.39 Å². The summed E-state index contributed by atoms with van der Waals surface area (Å²) in [5.74, 6) is -0.366. The fourth-order valence-corrected chi connectivity index (χ4v) is 1.31. The zero-order valence-corrected chi connectivity index (χ0v) is 8.49. The van der Waals surface area contributed by atoms with Gasteiger partial charge >= 0.3 is 0 Å². The van der Waals surface area contributed by atoms with Gasteiger partial charge in [-0.1, -0.05) is 34.0 Å². The Bertz CT molecular complexity index is 360. The second-order valence-electron chi connectivity index (χ2n) is 2.55. The van der Waals surface area contributed by atoms with Crippen LogP contribution in [0.15, 0.2) is 27.8 Å². The maximum atomic E-state index is 13.2. The number of rotatable bonds is 2. The molecule has 0 saturated carbocycles. The van der Waals surface area contributed by atoms with E-state index >= 15 is 0 Å². The van der Waals surface area contributed by atoms with Gasteiger partial charge in [-0.3, -0.25) is 0 Å². The molecule has 1 aromatic rings. The number of hydrogen-bond acceptors (Lipinski definition) is 1. The van der Waals surface area contributed by atoms with Crippen LogP contribution < -0.4 is 0 Å². The Morgan fingerprint density at radius 1 is 1.62 bits per heavy atom. The second kappa shape index (κ2) is 4.25. The Morgan fingerprint density at radius 3 is 2.85 bits per heavy atom. The summed E-state index contributed by atoms with van der Waals surface area (Å²) in [6.45, 7) is 1.64. The van der Waals surface area contributed by atoms with Gasteiger partial charge in [0.1, 0.15) is 5.82 Å². The van der Waals surface area contributed by atoms with E-state index in [4.69, 9.17) is 5.53 Å². The summed E-state index contributed by atoms with van der Waals surface area (Å²) in [5, 5.41) is 3.41. The summed E-state index contributed by atoms with van der Waals surface area (Å²) in [7, 11) is 0. The van der Waals surface area contributed by atoms with Crippen molar-refractivity contribution in [2.45, 2.75) is 13.0 Å². The van der Waals surface area contributed by atoms with Gasteiger partial charge in [-0.15, -0.1) is 0 Å². The third kappa shape index (κ3) is 2.44. The van der Waals surface area contributed by atoms with Crippen molar-refractivity contribution in [1.29, 1.82) is 0 Å². The summed E-state index contributed by atoms with van der Waals surface area (Å²) in [4.78, 5) is 2.62. The minimum atomic E-state index is -0.474. The monoisotopic (exact) mass is 243 g/mol. The van der Waals surface area contributed by atoms with Crippen molar-refractivity contribution < 1.29 is 4.39 Å². The molecule has 1 unspecified atom stereocenters. The van der Waals surface area contributed by atoms with Crippen LogP contribution in [-0.2, 0) is 0 Å². The number of benzene rings is 1. The van der Waals surface area contributed by atoms with Crippen molar-refractivity contribution in [3.8, 4) is 0 Å². The van der Waals surface area contributed by atoms with Crippen LogP contribution in [0.1, 0.15) is 18.5 Å². The van der Waals surface area contributed by atoms with Gasteiger partial charge in [0.05, 0.1) is 6.04 Å². The van der Waals surface area contributed by atoms with Crippen LogP contribution in [0.5, 0.6) is 0 Å². The van der Waals surface area contributed by atoms with Crippen molar-refractivity contribution >= 4 is 15.9 Å². The molecule has 3 nitrogen and oxygen atoms in total. The topological polar surface area (TPSA) is 48.8 Å². The van der Waals surface area contributed by atoms with Crippen LogP contribution in [0, 0.1) is 5.82 Å². The van der Waals surface area contributed by atoms with Gasteiger partial charge < -0.3 is 0 Å². The molecule has 0 fully saturated rings. The van der Waals surface area contributed by atoms with E-state index in [2.05, 4.69) is 26.0 Å². The van der Waals surface area contributed by atoms with E-state index in [1.807, 2.05) is 0 Å². The number of hydrogen-bond donors (Lipinski definition) is 0. The minimum Gasteiger partial charge on any atom is -0.207 e. The van der Waals surface area contributed by atoms with Gasteiger partial charge in [-0.05, 0) is 23.2 Å². The van der Waals surface area contributed by atoms with Crippen LogP contribution in [-0.4, -0.2) is 0 Å². The summed E-state index contributed by atoms with van der Waals surface area (Å²) in [6.07, 6.45) is 0. The number of halogens is 2. The average Bonchev–Trinajstić information content (AvgIpc) is 2.04. The Balaban J connectivity index is 3.08. The Morgan fingerprint density at radius 2 is 2.31 bits per heavy atom. The largest absolute Gasteiger partial charge is 0.207 e. The predicted octanol–water partition coefficient (Wildman–Crippen LogP) is 3.96. The normalized spacial score (nSPS) is 11.9. The van der Waals surface area contributed by atoms with Crippen molar-refractivity contribution in [3.05, 3.63) is 44.5 Å². The first kappa shape index (κ1) is 10.0. The molecule has 1 aromatic carbocycles. The van der Waals surface area contributed by atoms with Gasteiger partial charge in [0.2, 0.25) is 0 Å². The average molecular weight is 244 g/mol. The lowest BCUT2D eigenvalue weighted by Gasteiger charge is -2.05. The molecule has 0 heterocycles. The SMILES string of the molecule is CC(N=[N+]=[N-])c1ccc(Br)cc1F.